The van der Waals surface area contributed by atoms with Gasteiger partial charge in [-0.15, -0.1) is 0 Å². The third-order valence-electron chi connectivity index (χ3n) is 3.69. The molecule has 0 atom stereocenters. The number of carbonyl (C=O) groups excluding carboxylic acids is 2. The first-order valence-corrected chi connectivity index (χ1v) is 8.84. The smallest absolute Gasteiger partial charge is 0.261 e. The molecule has 0 bridgehead atoms. The molecule has 0 aliphatic rings. The van der Waals surface area contributed by atoms with Crippen LogP contribution < -0.4 is 14.9 Å². The molecule has 3 aromatic rings. The van der Waals surface area contributed by atoms with E-state index in [2.05, 4.69) is 4.72 Å². The van der Waals surface area contributed by atoms with Gasteiger partial charge in [-0.2, -0.15) is 0 Å². The number of anilines is 1. The van der Waals surface area contributed by atoms with E-state index in [1.807, 2.05) is 12.1 Å². The lowest BCUT2D eigenvalue weighted by atomic mass is 10.1. The highest BCUT2D eigenvalue weighted by Gasteiger charge is 2.16. The summed E-state index contributed by atoms with van der Waals surface area (Å²) in [6, 6.07) is 14.4. The van der Waals surface area contributed by atoms with Crippen molar-refractivity contribution in [3.05, 3.63) is 71.8 Å². The average molecular weight is 369 g/mol. The Morgan fingerprint density at radius 1 is 0.769 bits per heavy atom. The summed E-state index contributed by atoms with van der Waals surface area (Å²) in [6.07, 6.45) is 0. The van der Waals surface area contributed by atoms with Crippen LogP contribution in [0.15, 0.2) is 65.6 Å². The quantitative estimate of drug-likeness (QED) is 0.692. The molecule has 8 heteroatoms. The van der Waals surface area contributed by atoms with Crippen LogP contribution in [0.4, 0.5) is 5.69 Å². The Kier molecular flexibility index (Phi) is 4.35. The SMILES string of the molecule is O=C([O-])c1cc(NS(=O)(=O)c2ccc3ccccc3c2)cc(C(=O)[O-])c1. The Labute approximate surface area is 148 Å². The van der Waals surface area contributed by atoms with Crippen molar-refractivity contribution in [2.75, 3.05) is 4.72 Å². The van der Waals surface area contributed by atoms with Gasteiger partial charge in [-0.1, -0.05) is 30.3 Å². The van der Waals surface area contributed by atoms with Gasteiger partial charge in [0.05, 0.1) is 22.5 Å². The summed E-state index contributed by atoms with van der Waals surface area (Å²) in [7, 11) is -4.07. The summed E-state index contributed by atoms with van der Waals surface area (Å²) in [5, 5.41) is 23.6. The van der Waals surface area contributed by atoms with Crippen LogP contribution >= 0.6 is 0 Å². The van der Waals surface area contributed by atoms with Gasteiger partial charge in [0.2, 0.25) is 0 Å². The first-order chi connectivity index (χ1) is 12.3. The first-order valence-electron chi connectivity index (χ1n) is 7.36. The average Bonchev–Trinajstić information content (AvgIpc) is 2.60. The molecule has 0 saturated heterocycles. The number of carbonyl (C=O) groups is 2. The van der Waals surface area contributed by atoms with Gasteiger partial charge in [-0.25, -0.2) is 8.42 Å². The highest BCUT2D eigenvalue weighted by Crippen LogP contribution is 2.22. The van der Waals surface area contributed by atoms with Crippen LogP contribution in [-0.4, -0.2) is 20.4 Å². The fourth-order valence-electron chi connectivity index (χ4n) is 2.47. The molecule has 0 radical (unpaired) electrons. The third-order valence-corrected chi connectivity index (χ3v) is 5.07. The third kappa shape index (κ3) is 3.50. The number of fused-ring (bicyclic) bond motifs is 1. The molecule has 0 aliphatic heterocycles. The van der Waals surface area contributed by atoms with E-state index < -0.39 is 33.1 Å². The largest absolute Gasteiger partial charge is 0.545 e. The minimum absolute atomic E-state index is 0.0509. The van der Waals surface area contributed by atoms with Crippen LogP contribution in [0.2, 0.25) is 0 Å². The molecule has 7 nitrogen and oxygen atoms in total. The number of sulfonamides is 1. The highest BCUT2D eigenvalue weighted by molar-refractivity contribution is 7.92. The Bertz CT molecular complexity index is 1110. The fraction of sp³-hybridized carbons (Fsp3) is 0. The van der Waals surface area contributed by atoms with Crippen LogP contribution in [0.5, 0.6) is 0 Å². The van der Waals surface area contributed by atoms with Crippen molar-refractivity contribution in [1.29, 1.82) is 0 Å². The number of hydrogen-bond donors (Lipinski definition) is 1. The molecule has 26 heavy (non-hydrogen) atoms. The maximum absolute atomic E-state index is 12.6. The molecule has 0 amide bonds. The van der Waals surface area contributed by atoms with Crippen LogP contribution in [0.25, 0.3) is 10.8 Å². The predicted molar refractivity (Wildman–Crippen MR) is 89.9 cm³/mol. The lowest BCUT2D eigenvalue weighted by Gasteiger charge is -2.13. The second-order valence-corrected chi connectivity index (χ2v) is 7.17. The molecular weight excluding hydrogens is 358 g/mol. The van der Waals surface area contributed by atoms with Crippen molar-refractivity contribution in [2.24, 2.45) is 0 Å². The maximum atomic E-state index is 12.6. The number of aromatic carboxylic acids is 2. The second-order valence-electron chi connectivity index (χ2n) is 5.49. The number of rotatable bonds is 5. The van der Waals surface area contributed by atoms with Crippen LogP contribution in [0.3, 0.4) is 0 Å². The molecular formula is C18H11NO6S-2. The number of benzene rings is 3. The summed E-state index contributed by atoms with van der Waals surface area (Å²) < 4.78 is 27.3. The van der Waals surface area contributed by atoms with Crippen LogP contribution in [-0.2, 0) is 10.0 Å². The van der Waals surface area contributed by atoms with E-state index in [4.69, 9.17) is 0 Å². The Balaban J connectivity index is 2.03. The van der Waals surface area contributed by atoms with Crippen molar-refractivity contribution >= 4 is 38.4 Å². The van der Waals surface area contributed by atoms with E-state index >= 15 is 0 Å². The number of nitrogens with one attached hydrogen (secondary N) is 1. The van der Waals surface area contributed by atoms with E-state index in [0.29, 0.717) is 5.39 Å². The zero-order chi connectivity index (χ0) is 18.9. The summed E-state index contributed by atoms with van der Waals surface area (Å²) in [5.41, 5.74) is -1.19. The van der Waals surface area contributed by atoms with Crippen molar-refractivity contribution < 1.29 is 28.2 Å². The lowest BCUT2D eigenvalue weighted by Crippen LogP contribution is -2.26. The molecule has 0 aromatic heterocycles. The molecule has 0 heterocycles. The fourth-order valence-corrected chi connectivity index (χ4v) is 3.55. The molecule has 1 N–H and O–H groups in total. The zero-order valence-corrected chi connectivity index (χ0v) is 13.9. The molecule has 3 rings (SSSR count). The highest BCUT2D eigenvalue weighted by atomic mass is 32.2. The maximum Gasteiger partial charge on any atom is 0.261 e. The second kappa shape index (κ2) is 6.49. The van der Waals surface area contributed by atoms with Gasteiger partial charge in [-0.05, 0) is 52.2 Å². The minimum Gasteiger partial charge on any atom is -0.545 e. The van der Waals surface area contributed by atoms with Gasteiger partial charge < -0.3 is 19.8 Å². The van der Waals surface area contributed by atoms with Gasteiger partial charge in [0.15, 0.2) is 0 Å². The lowest BCUT2D eigenvalue weighted by molar-refractivity contribution is -0.255. The molecule has 0 unspecified atom stereocenters. The van der Waals surface area contributed by atoms with Gasteiger partial charge in [0.25, 0.3) is 10.0 Å². The van der Waals surface area contributed by atoms with Gasteiger partial charge in [-0.3, -0.25) is 4.72 Å². The van der Waals surface area contributed by atoms with Crippen molar-refractivity contribution in [3.63, 3.8) is 0 Å². The summed E-state index contributed by atoms with van der Waals surface area (Å²) >= 11 is 0. The zero-order valence-electron chi connectivity index (χ0n) is 13.1. The van der Waals surface area contributed by atoms with E-state index in [1.54, 1.807) is 18.2 Å². The molecule has 0 spiro atoms. The van der Waals surface area contributed by atoms with Crippen molar-refractivity contribution in [1.82, 2.24) is 0 Å². The van der Waals surface area contributed by atoms with E-state index in [-0.39, 0.29) is 10.6 Å². The first kappa shape index (κ1) is 17.4. The topological polar surface area (TPSA) is 126 Å². The molecule has 0 saturated carbocycles. The monoisotopic (exact) mass is 369 g/mol. The van der Waals surface area contributed by atoms with Crippen LogP contribution in [0.1, 0.15) is 20.7 Å². The van der Waals surface area contributed by atoms with Gasteiger partial charge in [0.1, 0.15) is 0 Å². The Morgan fingerprint density at radius 2 is 1.35 bits per heavy atom. The molecule has 0 aliphatic carbocycles. The molecule has 3 aromatic carbocycles. The van der Waals surface area contributed by atoms with E-state index in [1.165, 1.54) is 12.1 Å². The van der Waals surface area contributed by atoms with Gasteiger partial charge in [0, 0.05) is 0 Å². The molecule has 132 valence electrons. The normalized spacial score (nSPS) is 11.2. The van der Waals surface area contributed by atoms with Crippen molar-refractivity contribution in [3.8, 4) is 0 Å². The number of carboxylic acid groups (broad SMARTS) is 2. The van der Waals surface area contributed by atoms with Crippen LogP contribution in [0, 0.1) is 0 Å². The standard InChI is InChI=1S/C18H13NO6S/c20-17(21)13-7-14(18(22)23)9-15(8-13)19-26(24,25)16-6-5-11-3-1-2-4-12(11)10-16/h1-10,19H,(H,20,21)(H,22,23)/p-2. The summed E-state index contributed by atoms with van der Waals surface area (Å²) in [5.74, 6) is -3.28. The number of hydrogen-bond acceptors (Lipinski definition) is 6. The van der Waals surface area contributed by atoms with Gasteiger partial charge >= 0.3 is 0 Å². The summed E-state index contributed by atoms with van der Waals surface area (Å²) in [4.78, 5) is 22.0. The Hall–Kier alpha value is -3.39. The minimum atomic E-state index is -4.07. The number of carboxylic acids is 2. The van der Waals surface area contributed by atoms with Crippen molar-refractivity contribution in [2.45, 2.75) is 4.90 Å². The molecule has 0 fully saturated rings. The predicted octanol–water partition coefficient (Wildman–Crippen LogP) is 0.368. The van der Waals surface area contributed by atoms with E-state index in [0.717, 1.165) is 23.6 Å². The Morgan fingerprint density at radius 3 is 1.92 bits per heavy atom. The summed E-state index contributed by atoms with van der Waals surface area (Å²) in [6.45, 7) is 0. The van der Waals surface area contributed by atoms with E-state index in [9.17, 15) is 28.2 Å².